The first-order valence-corrected chi connectivity index (χ1v) is 22.2. The molecule has 4 fully saturated rings. The summed E-state index contributed by atoms with van der Waals surface area (Å²) in [5, 5.41) is 7.78. The topological polar surface area (TPSA) is 184 Å². The van der Waals surface area contributed by atoms with Gasteiger partial charge in [-0.05, 0) is 102 Å². The number of rotatable bonds is 11. The van der Waals surface area contributed by atoms with Crippen molar-refractivity contribution in [3.8, 4) is 33.6 Å². The van der Waals surface area contributed by atoms with Gasteiger partial charge in [0.15, 0.2) is 0 Å². The zero-order chi connectivity index (χ0) is 43.8. The molecule has 0 spiro atoms. The van der Waals surface area contributed by atoms with Crippen molar-refractivity contribution in [3.63, 3.8) is 0 Å². The van der Waals surface area contributed by atoms with Crippen molar-refractivity contribution in [1.29, 1.82) is 0 Å². The Balaban J connectivity index is 0.878. The minimum atomic E-state index is -0.684. The number of methoxy groups -OCH3 is 2. The van der Waals surface area contributed by atoms with E-state index >= 15 is 0 Å². The second kappa shape index (κ2) is 17.9. The largest absolute Gasteiger partial charge is 0.453 e. The first-order valence-electron chi connectivity index (χ1n) is 22.2. The predicted molar refractivity (Wildman–Crippen MR) is 236 cm³/mol. The maximum absolute atomic E-state index is 14.0. The van der Waals surface area contributed by atoms with Crippen LogP contribution in [0.15, 0.2) is 73.1 Å². The van der Waals surface area contributed by atoms with Crippen molar-refractivity contribution in [2.75, 3.05) is 34.0 Å². The molecule has 9 rings (SSSR count). The van der Waals surface area contributed by atoms with Gasteiger partial charge in [0.05, 0.1) is 50.1 Å². The number of carbonyl (C=O) groups is 4. The Labute approximate surface area is 366 Å². The second-order valence-electron chi connectivity index (χ2n) is 17.7. The molecule has 0 radical (unpaired) electrons. The molecule has 4 amide bonds. The number of carbonyl (C=O) groups excluding carboxylic acids is 4. The molecule has 4 N–H and O–H groups in total. The number of nitrogens with one attached hydrogen (secondary N) is 4. The normalized spacial score (nSPS) is 22.0. The monoisotopic (exact) mass is 856 g/mol. The van der Waals surface area contributed by atoms with Crippen LogP contribution in [-0.2, 0) is 23.8 Å². The number of amides is 4. The van der Waals surface area contributed by atoms with Crippen molar-refractivity contribution >= 4 is 34.8 Å². The van der Waals surface area contributed by atoms with Crippen molar-refractivity contribution in [3.05, 3.63) is 84.7 Å². The highest BCUT2D eigenvalue weighted by Crippen LogP contribution is 2.50. The molecule has 6 atom stereocenters. The fourth-order valence-corrected chi connectivity index (χ4v) is 10.3. The number of benzene rings is 3. The van der Waals surface area contributed by atoms with Crippen molar-refractivity contribution in [1.82, 2.24) is 40.4 Å². The summed E-state index contributed by atoms with van der Waals surface area (Å²) in [4.78, 5) is 72.9. The maximum Gasteiger partial charge on any atom is 0.407 e. The van der Waals surface area contributed by atoms with E-state index in [1.165, 1.54) is 14.2 Å². The Morgan fingerprint density at radius 3 is 2.06 bits per heavy atom. The summed E-state index contributed by atoms with van der Waals surface area (Å²) in [5.74, 6) is 1.49. The summed E-state index contributed by atoms with van der Waals surface area (Å²) in [6.07, 6.45) is 8.40. The molecule has 4 unspecified atom stereocenters. The van der Waals surface area contributed by atoms with E-state index in [4.69, 9.17) is 24.2 Å². The van der Waals surface area contributed by atoms with E-state index in [9.17, 15) is 19.2 Å². The van der Waals surface area contributed by atoms with Gasteiger partial charge in [-0.2, -0.15) is 0 Å². The molecule has 5 aromatic rings. The molecular formula is C48H56N8O7. The highest BCUT2D eigenvalue weighted by atomic mass is 16.5. The quantitative estimate of drug-likeness (QED) is 0.104. The summed E-state index contributed by atoms with van der Waals surface area (Å²) >= 11 is 0. The molecule has 63 heavy (non-hydrogen) atoms. The number of hydrogen-bond acceptors (Lipinski definition) is 9. The lowest BCUT2D eigenvalue weighted by Crippen LogP contribution is -2.54. The van der Waals surface area contributed by atoms with Crippen molar-refractivity contribution < 1.29 is 33.4 Å². The average Bonchev–Trinajstić information content (AvgIpc) is 4.18. The Morgan fingerprint density at radius 2 is 1.35 bits per heavy atom. The van der Waals surface area contributed by atoms with Crippen molar-refractivity contribution in [2.45, 2.75) is 89.0 Å². The van der Waals surface area contributed by atoms with Crippen LogP contribution in [0.2, 0.25) is 0 Å². The van der Waals surface area contributed by atoms with E-state index in [-0.39, 0.29) is 41.8 Å². The maximum atomic E-state index is 14.0. The Hall–Kier alpha value is -6.22. The minimum Gasteiger partial charge on any atom is -0.453 e. The summed E-state index contributed by atoms with van der Waals surface area (Å²) in [6.45, 7) is 5.57. The molecule has 2 aromatic heterocycles. The number of aromatic amines is 2. The second-order valence-corrected chi connectivity index (χ2v) is 17.7. The van der Waals surface area contributed by atoms with Gasteiger partial charge < -0.3 is 44.6 Å². The first kappa shape index (κ1) is 42.1. The van der Waals surface area contributed by atoms with E-state index in [1.54, 1.807) is 0 Å². The molecule has 1 saturated carbocycles. The number of likely N-dealkylation sites (tertiary alicyclic amines) is 2. The Kier molecular flexibility index (Phi) is 11.9. The van der Waals surface area contributed by atoms with Crippen LogP contribution in [0.5, 0.6) is 0 Å². The van der Waals surface area contributed by atoms with Crippen LogP contribution in [0, 0.1) is 17.8 Å². The average molecular weight is 857 g/mol. The summed E-state index contributed by atoms with van der Waals surface area (Å²) in [7, 11) is 2.62. The number of alkyl carbamates (subject to hydrolysis) is 2. The lowest BCUT2D eigenvalue weighted by molar-refractivity contribution is -0.139. The van der Waals surface area contributed by atoms with Crippen LogP contribution in [-0.4, -0.2) is 106 Å². The molecule has 4 aliphatic rings. The minimum absolute atomic E-state index is 0.0274. The smallest absolute Gasteiger partial charge is 0.407 e. The molecule has 2 bridgehead atoms. The number of hydrogen-bond donors (Lipinski definition) is 4. The van der Waals surface area contributed by atoms with Crippen LogP contribution in [0.25, 0.3) is 44.4 Å². The number of imidazole rings is 2. The number of piperidine rings is 1. The third-order valence-corrected chi connectivity index (χ3v) is 13.7. The highest BCUT2D eigenvalue weighted by molar-refractivity contribution is 5.91. The lowest BCUT2D eigenvalue weighted by atomic mass is 9.90. The third-order valence-electron chi connectivity index (χ3n) is 13.7. The molecule has 5 heterocycles. The van der Waals surface area contributed by atoms with Crippen LogP contribution >= 0.6 is 0 Å². The van der Waals surface area contributed by atoms with Gasteiger partial charge in [-0.1, -0.05) is 62.4 Å². The van der Waals surface area contributed by atoms with Crippen LogP contribution in [0.4, 0.5) is 9.59 Å². The van der Waals surface area contributed by atoms with E-state index in [0.29, 0.717) is 38.5 Å². The van der Waals surface area contributed by atoms with Crippen LogP contribution in [0.1, 0.15) is 82.5 Å². The summed E-state index contributed by atoms with van der Waals surface area (Å²) in [6, 6.07) is 19.6. The molecule has 15 heteroatoms. The van der Waals surface area contributed by atoms with Gasteiger partial charge >= 0.3 is 12.2 Å². The molecule has 1 aliphatic carbocycles. The molecule has 3 saturated heterocycles. The molecule has 3 aromatic carbocycles. The van der Waals surface area contributed by atoms with E-state index in [1.807, 2.05) is 36.0 Å². The van der Waals surface area contributed by atoms with Gasteiger partial charge in [-0.15, -0.1) is 0 Å². The van der Waals surface area contributed by atoms with E-state index in [0.717, 1.165) is 88.2 Å². The molecule has 3 aliphatic heterocycles. The van der Waals surface area contributed by atoms with Gasteiger partial charge in [0, 0.05) is 31.4 Å². The van der Waals surface area contributed by atoms with E-state index in [2.05, 4.69) is 81.3 Å². The van der Waals surface area contributed by atoms with Gasteiger partial charge in [0.1, 0.15) is 23.7 Å². The standard InChI is InChI=1S/C48H56N8O7/c1-27(2)40(53-47(59)61-3)46(58)56-36-16-15-35(24-36)42(56)44-50-25-37(52-44)29-9-7-28(8-10-29)31-11-12-33-23-34(14-13-32(33)22-31)38-26-49-43(51-38)39-6-5-19-55(39)45(57)41(54-48(60)62-4)30-17-20-63-21-18-30/h7-14,22-23,25-27,30,35-36,39-42H,5-6,15-21,24H2,1-4H3,(H,49,51)(H,50,52)(H,53,59)(H,54,60)/t35?,36?,39?,40-,41-,42?/m0/s1. The third kappa shape index (κ3) is 8.38. The van der Waals surface area contributed by atoms with Crippen LogP contribution in [0.3, 0.4) is 0 Å². The SMILES string of the molecule is COC(=O)N[C@H](C(=O)N1C2CCC(C2)C1c1ncc(-c2ccc(-c3ccc4cc(-c5cnc(C6CCCN6C(=O)[C@@H](NC(=O)OC)C6CCOCC6)[nH]5)ccc4c3)cc2)[nH]1)C(C)C. The number of nitrogens with zero attached hydrogens (tertiary/aromatic N) is 4. The molecular weight excluding hydrogens is 801 g/mol. The summed E-state index contributed by atoms with van der Waals surface area (Å²) in [5.41, 5.74) is 5.93. The number of fused-ring (bicyclic) bond motifs is 3. The molecule has 330 valence electrons. The van der Waals surface area contributed by atoms with Gasteiger partial charge in [0.2, 0.25) is 11.8 Å². The Morgan fingerprint density at radius 1 is 0.730 bits per heavy atom. The van der Waals surface area contributed by atoms with Gasteiger partial charge in [0.25, 0.3) is 0 Å². The number of aromatic nitrogens is 4. The van der Waals surface area contributed by atoms with Gasteiger partial charge in [-0.3, -0.25) is 9.59 Å². The zero-order valence-corrected chi connectivity index (χ0v) is 36.3. The lowest BCUT2D eigenvalue weighted by Gasteiger charge is -2.37. The highest BCUT2D eigenvalue weighted by Gasteiger charge is 2.51. The zero-order valence-electron chi connectivity index (χ0n) is 36.3. The summed E-state index contributed by atoms with van der Waals surface area (Å²) < 4.78 is 15.2. The molecule has 15 nitrogen and oxygen atoms in total. The first-order chi connectivity index (χ1) is 30.6. The van der Waals surface area contributed by atoms with Gasteiger partial charge in [-0.25, -0.2) is 19.6 Å². The Bertz CT molecular complexity index is 2480. The van der Waals surface area contributed by atoms with E-state index < -0.39 is 24.3 Å². The van der Waals surface area contributed by atoms with Crippen molar-refractivity contribution in [2.24, 2.45) is 17.8 Å². The number of ether oxygens (including phenoxy) is 3. The predicted octanol–water partition coefficient (Wildman–Crippen LogP) is 7.53. The fraction of sp³-hybridized carbons (Fsp3) is 0.458. The number of H-pyrrole nitrogens is 2. The fourth-order valence-electron chi connectivity index (χ4n) is 10.3. The van der Waals surface area contributed by atoms with Crippen LogP contribution < -0.4 is 10.6 Å².